The molecule has 8 heteroatoms. The molecule has 1 saturated heterocycles. The molecule has 26 heavy (non-hydrogen) atoms. The fourth-order valence-corrected chi connectivity index (χ4v) is 4.50. The van der Waals surface area contributed by atoms with Crippen LogP contribution in [-0.4, -0.2) is 68.4 Å². The van der Waals surface area contributed by atoms with Crippen LogP contribution >= 0.6 is 0 Å². The van der Waals surface area contributed by atoms with Gasteiger partial charge < -0.3 is 15.7 Å². The minimum absolute atomic E-state index is 0.0374. The summed E-state index contributed by atoms with van der Waals surface area (Å²) in [7, 11) is -3.09. The quantitative estimate of drug-likeness (QED) is 0.389. The normalized spacial score (nSPS) is 18.1. The fourth-order valence-electron chi connectivity index (χ4n) is 3.36. The van der Waals surface area contributed by atoms with Gasteiger partial charge in [-0.3, -0.25) is 4.99 Å². The van der Waals surface area contributed by atoms with E-state index in [1.165, 1.54) is 0 Å². The summed E-state index contributed by atoms with van der Waals surface area (Å²) in [5, 5.41) is 16.1. The molecular weight excluding hydrogens is 352 g/mol. The first kappa shape index (κ1) is 23.2. The summed E-state index contributed by atoms with van der Waals surface area (Å²) in [5.74, 6) is 0.949. The highest BCUT2D eigenvalue weighted by atomic mass is 32.2. The zero-order chi connectivity index (χ0) is 19.6. The predicted molar refractivity (Wildman–Crippen MR) is 108 cm³/mol. The van der Waals surface area contributed by atoms with E-state index in [1.807, 2.05) is 6.92 Å². The van der Waals surface area contributed by atoms with Gasteiger partial charge in [-0.2, -0.15) is 0 Å². The molecule has 1 aliphatic rings. The third-order valence-corrected chi connectivity index (χ3v) is 7.49. The number of nitrogens with zero attached hydrogens (tertiary/aromatic N) is 2. The van der Waals surface area contributed by atoms with Gasteiger partial charge in [0, 0.05) is 38.8 Å². The van der Waals surface area contributed by atoms with Crippen molar-refractivity contribution in [3.63, 3.8) is 0 Å². The molecule has 0 aliphatic carbocycles. The lowest BCUT2D eigenvalue weighted by Crippen LogP contribution is -2.50. The number of piperidine rings is 1. The fraction of sp³-hybridized carbons (Fsp3) is 0.944. The highest BCUT2D eigenvalue weighted by Crippen LogP contribution is 2.30. The largest absolute Gasteiger partial charge is 0.396 e. The molecule has 1 fully saturated rings. The summed E-state index contributed by atoms with van der Waals surface area (Å²) in [6.45, 7) is 10.8. The molecule has 0 atom stereocenters. The SMILES string of the molecule is CCNC(=NCC(CC)(CC)CCO)NC1CCN(S(=O)(=O)CC)CC1. The third-order valence-electron chi connectivity index (χ3n) is 5.61. The molecule has 0 unspecified atom stereocenters. The van der Waals surface area contributed by atoms with Crippen LogP contribution in [0.25, 0.3) is 0 Å². The van der Waals surface area contributed by atoms with Crippen molar-refractivity contribution in [1.82, 2.24) is 14.9 Å². The smallest absolute Gasteiger partial charge is 0.213 e. The van der Waals surface area contributed by atoms with Crippen LogP contribution < -0.4 is 10.6 Å². The van der Waals surface area contributed by atoms with Gasteiger partial charge in [-0.15, -0.1) is 0 Å². The van der Waals surface area contributed by atoms with Gasteiger partial charge in [0.15, 0.2) is 5.96 Å². The average Bonchev–Trinajstić information content (AvgIpc) is 2.65. The Morgan fingerprint density at radius 1 is 1.19 bits per heavy atom. The summed E-state index contributed by atoms with van der Waals surface area (Å²) in [5.41, 5.74) is 0.0374. The van der Waals surface area contributed by atoms with Crippen LogP contribution in [0.5, 0.6) is 0 Å². The summed E-state index contributed by atoms with van der Waals surface area (Å²) >= 11 is 0. The predicted octanol–water partition coefficient (Wildman–Crippen LogP) is 1.54. The Kier molecular flexibility index (Phi) is 9.89. The lowest BCUT2D eigenvalue weighted by atomic mass is 9.79. The summed E-state index contributed by atoms with van der Waals surface area (Å²) in [4.78, 5) is 4.78. The number of rotatable bonds is 10. The molecule has 0 spiro atoms. The number of aliphatic hydroxyl groups excluding tert-OH is 1. The number of guanidine groups is 1. The molecule has 1 heterocycles. The van der Waals surface area contributed by atoms with Crippen LogP contribution in [0.4, 0.5) is 0 Å². The zero-order valence-corrected chi connectivity index (χ0v) is 17.7. The first-order valence-electron chi connectivity index (χ1n) is 9.99. The second-order valence-electron chi connectivity index (χ2n) is 7.09. The van der Waals surface area contributed by atoms with Crippen molar-refractivity contribution >= 4 is 16.0 Å². The lowest BCUT2D eigenvalue weighted by Gasteiger charge is -2.33. The average molecular weight is 391 g/mol. The highest BCUT2D eigenvalue weighted by molar-refractivity contribution is 7.89. The van der Waals surface area contributed by atoms with Gasteiger partial charge in [0.05, 0.1) is 5.75 Å². The molecule has 0 aromatic heterocycles. The first-order chi connectivity index (χ1) is 12.4. The maximum atomic E-state index is 12.0. The molecule has 1 aliphatic heterocycles. The maximum absolute atomic E-state index is 12.0. The number of hydrogen-bond acceptors (Lipinski definition) is 4. The minimum Gasteiger partial charge on any atom is -0.396 e. The second-order valence-corrected chi connectivity index (χ2v) is 9.35. The van der Waals surface area contributed by atoms with E-state index in [9.17, 15) is 13.5 Å². The van der Waals surface area contributed by atoms with Gasteiger partial charge in [-0.05, 0) is 51.4 Å². The molecular formula is C18H38N4O3S. The lowest BCUT2D eigenvalue weighted by molar-refractivity contribution is 0.175. The number of hydrogen-bond donors (Lipinski definition) is 3. The Labute approximate surface area is 159 Å². The summed E-state index contributed by atoms with van der Waals surface area (Å²) < 4.78 is 25.5. The van der Waals surface area contributed by atoms with Gasteiger partial charge >= 0.3 is 0 Å². The third kappa shape index (κ3) is 6.70. The van der Waals surface area contributed by atoms with E-state index >= 15 is 0 Å². The van der Waals surface area contributed by atoms with Gasteiger partial charge in [-0.25, -0.2) is 12.7 Å². The van der Waals surface area contributed by atoms with Crippen molar-refractivity contribution in [2.45, 2.75) is 65.8 Å². The van der Waals surface area contributed by atoms with Crippen LogP contribution in [0, 0.1) is 5.41 Å². The Hall–Kier alpha value is -0.860. The minimum atomic E-state index is -3.09. The van der Waals surface area contributed by atoms with Crippen molar-refractivity contribution in [2.75, 3.05) is 38.5 Å². The maximum Gasteiger partial charge on any atom is 0.213 e. The van der Waals surface area contributed by atoms with E-state index in [0.717, 1.165) is 44.6 Å². The van der Waals surface area contributed by atoms with E-state index in [2.05, 4.69) is 24.5 Å². The van der Waals surface area contributed by atoms with Crippen LogP contribution in [0.1, 0.15) is 59.8 Å². The Balaban J connectivity index is 2.68. The highest BCUT2D eigenvalue weighted by Gasteiger charge is 2.28. The molecule has 154 valence electrons. The van der Waals surface area contributed by atoms with Gasteiger partial charge in [0.1, 0.15) is 0 Å². The number of aliphatic hydroxyl groups is 1. The van der Waals surface area contributed by atoms with E-state index in [-0.39, 0.29) is 23.8 Å². The van der Waals surface area contributed by atoms with Crippen LogP contribution in [-0.2, 0) is 10.0 Å². The molecule has 0 radical (unpaired) electrons. The number of nitrogens with one attached hydrogen (secondary N) is 2. The monoisotopic (exact) mass is 390 g/mol. The molecule has 0 amide bonds. The molecule has 0 saturated carbocycles. The van der Waals surface area contributed by atoms with Gasteiger partial charge in [0.25, 0.3) is 0 Å². The zero-order valence-electron chi connectivity index (χ0n) is 16.9. The summed E-state index contributed by atoms with van der Waals surface area (Å²) in [6, 6.07) is 0.228. The second kappa shape index (κ2) is 11.1. The van der Waals surface area contributed by atoms with Gasteiger partial charge in [-0.1, -0.05) is 13.8 Å². The van der Waals surface area contributed by atoms with E-state index in [1.54, 1.807) is 11.2 Å². The van der Waals surface area contributed by atoms with E-state index in [0.29, 0.717) is 19.6 Å². The van der Waals surface area contributed by atoms with Gasteiger partial charge in [0.2, 0.25) is 10.0 Å². The molecule has 3 N–H and O–H groups in total. The van der Waals surface area contributed by atoms with Crippen molar-refractivity contribution < 1.29 is 13.5 Å². The van der Waals surface area contributed by atoms with Crippen molar-refractivity contribution in [1.29, 1.82) is 0 Å². The molecule has 7 nitrogen and oxygen atoms in total. The van der Waals surface area contributed by atoms with Crippen LogP contribution in [0.15, 0.2) is 4.99 Å². The Bertz CT molecular complexity index is 525. The van der Waals surface area contributed by atoms with Crippen molar-refractivity contribution in [3.05, 3.63) is 0 Å². The standard InChI is InChI=1S/C18H38N4O3S/c1-5-18(6-2,11-14-23)15-20-17(19-7-3)21-16-9-12-22(13-10-16)26(24,25)8-4/h16,23H,5-15H2,1-4H3,(H2,19,20,21). The molecule has 0 bridgehead atoms. The molecule has 1 rings (SSSR count). The topological polar surface area (TPSA) is 94.0 Å². The Morgan fingerprint density at radius 3 is 2.27 bits per heavy atom. The molecule has 0 aromatic rings. The van der Waals surface area contributed by atoms with E-state index < -0.39 is 10.0 Å². The van der Waals surface area contributed by atoms with Crippen LogP contribution in [0.2, 0.25) is 0 Å². The number of sulfonamides is 1. The van der Waals surface area contributed by atoms with Crippen molar-refractivity contribution in [2.24, 2.45) is 10.4 Å². The van der Waals surface area contributed by atoms with E-state index in [4.69, 9.17) is 4.99 Å². The Morgan fingerprint density at radius 2 is 1.81 bits per heavy atom. The summed E-state index contributed by atoms with van der Waals surface area (Å²) in [6.07, 6.45) is 4.30. The van der Waals surface area contributed by atoms with Crippen LogP contribution in [0.3, 0.4) is 0 Å². The van der Waals surface area contributed by atoms with Crippen molar-refractivity contribution in [3.8, 4) is 0 Å². The molecule has 0 aromatic carbocycles. The number of aliphatic imine (C=N–C) groups is 1. The first-order valence-corrected chi connectivity index (χ1v) is 11.6.